The molecule has 0 bridgehead atoms. The predicted octanol–water partition coefficient (Wildman–Crippen LogP) is 1.16. The molecule has 1 aromatic rings. The van der Waals surface area contributed by atoms with Crippen LogP contribution in [0.1, 0.15) is 5.56 Å². The highest BCUT2D eigenvalue weighted by Crippen LogP contribution is 2.07. The summed E-state index contributed by atoms with van der Waals surface area (Å²) < 4.78 is 10.2. The SMILES string of the molecule is O=[PH](O)NCc1ccccc1. The van der Waals surface area contributed by atoms with E-state index in [-0.39, 0.29) is 0 Å². The Hall–Kier alpha value is -0.630. The Bertz CT molecular complexity index is 237. The van der Waals surface area contributed by atoms with Gasteiger partial charge >= 0.3 is 0 Å². The van der Waals surface area contributed by atoms with Crippen molar-refractivity contribution in [1.29, 1.82) is 0 Å². The first-order chi connectivity index (χ1) is 5.29. The van der Waals surface area contributed by atoms with E-state index in [2.05, 4.69) is 5.09 Å². The van der Waals surface area contributed by atoms with Gasteiger partial charge in [-0.2, -0.15) is 0 Å². The van der Waals surface area contributed by atoms with E-state index >= 15 is 0 Å². The Morgan fingerprint density at radius 1 is 1.36 bits per heavy atom. The fourth-order valence-corrected chi connectivity index (χ4v) is 1.13. The summed E-state index contributed by atoms with van der Waals surface area (Å²) >= 11 is 0. The van der Waals surface area contributed by atoms with Gasteiger partial charge in [0, 0.05) is 6.54 Å². The van der Waals surface area contributed by atoms with E-state index in [4.69, 9.17) is 4.89 Å². The van der Waals surface area contributed by atoms with Crippen LogP contribution in [-0.2, 0) is 11.1 Å². The van der Waals surface area contributed by atoms with Crippen molar-refractivity contribution in [1.82, 2.24) is 5.09 Å². The van der Waals surface area contributed by atoms with Crippen molar-refractivity contribution >= 4 is 8.18 Å². The quantitative estimate of drug-likeness (QED) is 0.671. The van der Waals surface area contributed by atoms with E-state index in [1.54, 1.807) is 0 Å². The van der Waals surface area contributed by atoms with E-state index in [1.807, 2.05) is 30.3 Å². The lowest BCUT2D eigenvalue weighted by Gasteiger charge is -1.98. The van der Waals surface area contributed by atoms with Crippen LogP contribution in [0, 0.1) is 0 Å². The maximum absolute atomic E-state index is 10.2. The van der Waals surface area contributed by atoms with Crippen LogP contribution in [0.5, 0.6) is 0 Å². The third kappa shape index (κ3) is 3.33. The van der Waals surface area contributed by atoms with Gasteiger partial charge in [0.05, 0.1) is 0 Å². The fraction of sp³-hybridized carbons (Fsp3) is 0.143. The van der Waals surface area contributed by atoms with Gasteiger partial charge in [-0.3, -0.25) is 4.57 Å². The summed E-state index contributed by atoms with van der Waals surface area (Å²) in [6.45, 7) is 0.454. The molecule has 0 saturated carbocycles. The third-order valence-electron chi connectivity index (χ3n) is 1.29. The maximum Gasteiger partial charge on any atom is 0.255 e. The molecule has 0 aliphatic carbocycles. The van der Waals surface area contributed by atoms with Crippen molar-refractivity contribution < 1.29 is 9.46 Å². The smallest absolute Gasteiger partial charge is 0.255 e. The molecule has 0 aliphatic rings. The minimum absolute atomic E-state index is 0.454. The molecule has 3 nitrogen and oxygen atoms in total. The molecular formula is C7H10NO2P. The average molecular weight is 171 g/mol. The normalized spacial score (nSPS) is 12.8. The van der Waals surface area contributed by atoms with Crippen LogP contribution in [0.3, 0.4) is 0 Å². The predicted molar refractivity (Wildman–Crippen MR) is 44.5 cm³/mol. The first-order valence-electron chi connectivity index (χ1n) is 3.30. The minimum Gasteiger partial charge on any atom is -0.335 e. The molecule has 0 saturated heterocycles. The second-order valence-electron chi connectivity index (χ2n) is 2.14. The van der Waals surface area contributed by atoms with Crippen molar-refractivity contribution in [2.75, 3.05) is 0 Å². The molecular weight excluding hydrogens is 161 g/mol. The molecule has 0 aromatic heterocycles. The summed E-state index contributed by atoms with van der Waals surface area (Å²) in [6, 6.07) is 9.50. The van der Waals surface area contributed by atoms with Crippen molar-refractivity contribution in [3.05, 3.63) is 35.9 Å². The number of benzene rings is 1. The van der Waals surface area contributed by atoms with Gasteiger partial charge in [0.25, 0.3) is 8.18 Å². The summed E-state index contributed by atoms with van der Waals surface area (Å²) in [4.78, 5) is 8.45. The zero-order valence-corrected chi connectivity index (χ0v) is 6.95. The molecule has 0 amide bonds. The Kier molecular flexibility index (Phi) is 3.30. The van der Waals surface area contributed by atoms with Crippen molar-refractivity contribution in [3.63, 3.8) is 0 Å². The standard InChI is InChI=1S/C7H10NO2P/c9-11(10)8-6-7-4-2-1-3-5-7/h1-5,11H,6H2,(H2,8,9,10). The average Bonchev–Trinajstić information content (AvgIpc) is 2.03. The van der Waals surface area contributed by atoms with Gasteiger partial charge in [-0.05, 0) is 5.56 Å². The molecule has 0 heterocycles. The molecule has 1 unspecified atom stereocenters. The molecule has 60 valence electrons. The monoisotopic (exact) mass is 171 g/mol. The summed E-state index contributed by atoms with van der Waals surface area (Å²) in [5, 5.41) is 2.46. The van der Waals surface area contributed by atoms with E-state index in [1.165, 1.54) is 0 Å². The molecule has 0 spiro atoms. The van der Waals surface area contributed by atoms with Crippen molar-refractivity contribution in [3.8, 4) is 0 Å². The largest absolute Gasteiger partial charge is 0.335 e. The summed E-state index contributed by atoms with van der Waals surface area (Å²) in [6.07, 6.45) is 0. The van der Waals surface area contributed by atoms with Crippen LogP contribution in [0.2, 0.25) is 0 Å². The first kappa shape index (κ1) is 8.47. The summed E-state index contributed by atoms with van der Waals surface area (Å²) in [5.41, 5.74) is 1.01. The van der Waals surface area contributed by atoms with Gasteiger partial charge in [0.2, 0.25) is 0 Å². The van der Waals surface area contributed by atoms with Crippen LogP contribution in [-0.4, -0.2) is 4.89 Å². The molecule has 11 heavy (non-hydrogen) atoms. The molecule has 4 heteroatoms. The second kappa shape index (κ2) is 4.29. The lowest BCUT2D eigenvalue weighted by atomic mass is 10.2. The van der Waals surface area contributed by atoms with Gasteiger partial charge in [-0.15, -0.1) is 0 Å². The third-order valence-corrected chi connectivity index (χ3v) is 1.77. The zero-order valence-electron chi connectivity index (χ0n) is 5.95. The highest BCUT2D eigenvalue weighted by atomic mass is 31.1. The Balaban J connectivity index is 2.45. The summed E-state index contributed by atoms with van der Waals surface area (Å²) in [5.74, 6) is 0. The van der Waals surface area contributed by atoms with Gasteiger partial charge in [0.15, 0.2) is 0 Å². The lowest BCUT2D eigenvalue weighted by Crippen LogP contribution is -2.01. The molecule has 0 aliphatic heterocycles. The highest BCUT2D eigenvalue weighted by Gasteiger charge is 1.91. The van der Waals surface area contributed by atoms with Crippen molar-refractivity contribution in [2.45, 2.75) is 6.54 Å². The van der Waals surface area contributed by atoms with Crippen LogP contribution in [0.4, 0.5) is 0 Å². The molecule has 0 radical (unpaired) electrons. The van der Waals surface area contributed by atoms with Crippen molar-refractivity contribution in [2.24, 2.45) is 0 Å². The van der Waals surface area contributed by atoms with Gasteiger partial charge < -0.3 is 4.89 Å². The summed E-state index contributed by atoms with van der Waals surface area (Å²) in [7, 11) is -2.53. The van der Waals surface area contributed by atoms with Crippen LogP contribution < -0.4 is 5.09 Å². The number of rotatable bonds is 3. The van der Waals surface area contributed by atoms with Gasteiger partial charge in [-0.25, -0.2) is 5.09 Å². The lowest BCUT2D eigenvalue weighted by molar-refractivity contribution is 0.489. The second-order valence-corrected chi connectivity index (χ2v) is 3.11. The molecule has 1 atom stereocenters. The molecule has 1 aromatic carbocycles. The van der Waals surface area contributed by atoms with E-state index in [0.717, 1.165) is 5.56 Å². The molecule has 0 fully saturated rings. The molecule has 1 rings (SSSR count). The Morgan fingerprint density at radius 2 is 2.00 bits per heavy atom. The minimum atomic E-state index is -2.53. The highest BCUT2D eigenvalue weighted by molar-refractivity contribution is 7.35. The van der Waals surface area contributed by atoms with E-state index in [9.17, 15) is 4.57 Å². The number of hydrogen-bond acceptors (Lipinski definition) is 1. The number of hydrogen-bond donors (Lipinski definition) is 2. The molecule has 2 N–H and O–H groups in total. The Labute approximate surface area is 66.0 Å². The Morgan fingerprint density at radius 3 is 2.55 bits per heavy atom. The van der Waals surface area contributed by atoms with E-state index in [0.29, 0.717) is 6.54 Å². The zero-order chi connectivity index (χ0) is 8.10. The van der Waals surface area contributed by atoms with Gasteiger partial charge in [-0.1, -0.05) is 30.3 Å². The van der Waals surface area contributed by atoms with Crippen LogP contribution >= 0.6 is 8.18 Å². The van der Waals surface area contributed by atoms with Gasteiger partial charge in [0.1, 0.15) is 0 Å². The van der Waals surface area contributed by atoms with Crippen LogP contribution in [0.25, 0.3) is 0 Å². The maximum atomic E-state index is 10.2. The van der Waals surface area contributed by atoms with Crippen LogP contribution in [0.15, 0.2) is 30.3 Å². The topological polar surface area (TPSA) is 49.3 Å². The first-order valence-corrected chi connectivity index (χ1v) is 4.65. The fourth-order valence-electron chi connectivity index (χ4n) is 0.774. The van der Waals surface area contributed by atoms with E-state index < -0.39 is 8.18 Å². The number of nitrogens with one attached hydrogen (secondary N) is 1.